The molecule has 3 rings (SSSR count). The molecule has 2 N–H and O–H groups in total. The van der Waals surface area contributed by atoms with E-state index in [4.69, 9.17) is 0 Å². The Kier molecular flexibility index (Phi) is 4.73. The van der Waals surface area contributed by atoms with Gasteiger partial charge in [-0.15, -0.1) is 0 Å². The number of urea groups is 1. The molecule has 0 saturated carbocycles. The van der Waals surface area contributed by atoms with Gasteiger partial charge in [-0.3, -0.25) is 19.6 Å². The fourth-order valence-electron chi connectivity index (χ4n) is 2.60. The molecular formula is C17H19N5O3S. The number of imide groups is 1. The Balaban J connectivity index is 1.75. The number of nitrogens with one attached hydrogen (secondary N) is 2. The summed E-state index contributed by atoms with van der Waals surface area (Å²) < 4.78 is 1.90. The third kappa shape index (κ3) is 3.05. The summed E-state index contributed by atoms with van der Waals surface area (Å²) in [5, 5.41) is 4.16. The fourth-order valence-corrected chi connectivity index (χ4v) is 3.13. The van der Waals surface area contributed by atoms with E-state index in [2.05, 4.69) is 15.7 Å². The second-order valence-electron chi connectivity index (χ2n) is 6.03. The van der Waals surface area contributed by atoms with Crippen LogP contribution in [0.4, 0.5) is 4.79 Å². The third-order valence-electron chi connectivity index (χ3n) is 4.38. The minimum Gasteiger partial charge on any atom is -0.322 e. The SMILES string of the molecule is CC[C@]1(C)NC(=O)N(NC(=O)c2ccc(-n3ccnc3SC)cc2)C1=O. The summed E-state index contributed by atoms with van der Waals surface area (Å²) in [7, 11) is 0. The van der Waals surface area contributed by atoms with Crippen molar-refractivity contribution in [1.29, 1.82) is 0 Å². The van der Waals surface area contributed by atoms with E-state index in [0.717, 1.165) is 15.9 Å². The highest BCUT2D eigenvalue weighted by atomic mass is 32.2. The summed E-state index contributed by atoms with van der Waals surface area (Å²) in [6, 6.07) is 6.18. The van der Waals surface area contributed by atoms with Crippen LogP contribution in [0.3, 0.4) is 0 Å². The highest BCUT2D eigenvalue weighted by molar-refractivity contribution is 7.98. The van der Waals surface area contributed by atoms with Crippen LogP contribution in [0.1, 0.15) is 30.6 Å². The molecule has 0 aliphatic carbocycles. The van der Waals surface area contributed by atoms with E-state index in [1.807, 2.05) is 17.0 Å². The van der Waals surface area contributed by atoms with Gasteiger partial charge in [-0.2, -0.15) is 5.01 Å². The number of carbonyl (C=O) groups excluding carboxylic acids is 3. The zero-order valence-electron chi connectivity index (χ0n) is 14.6. The number of nitrogens with zero attached hydrogens (tertiary/aromatic N) is 3. The molecule has 0 spiro atoms. The Hall–Kier alpha value is -2.81. The molecule has 2 heterocycles. The largest absolute Gasteiger partial charge is 0.344 e. The Labute approximate surface area is 154 Å². The van der Waals surface area contributed by atoms with Gasteiger partial charge in [0.15, 0.2) is 5.16 Å². The molecule has 1 aromatic carbocycles. The lowest BCUT2D eigenvalue weighted by Crippen LogP contribution is -2.48. The molecule has 0 bridgehead atoms. The Morgan fingerprint density at radius 1 is 1.31 bits per heavy atom. The van der Waals surface area contributed by atoms with Gasteiger partial charge >= 0.3 is 6.03 Å². The average Bonchev–Trinajstić information content (AvgIpc) is 3.21. The number of hydrazine groups is 1. The minimum atomic E-state index is -0.996. The zero-order chi connectivity index (χ0) is 18.9. The number of thioether (sulfide) groups is 1. The molecule has 26 heavy (non-hydrogen) atoms. The standard InChI is InChI=1S/C17H19N5O3S/c1-4-17(2)14(24)22(15(25)19-17)20-13(23)11-5-7-12(8-6-11)21-10-9-18-16(21)26-3/h5-10H,4H2,1-3H3,(H,19,25)(H,20,23)/t17-/m0/s1. The first-order valence-corrected chi connectivity index (χ1v) is 9.27. The lowest BCUT2D eigenvalue weighted by molar-refractivity contribution is -0.132. The zero-order valence-corrected chi connectivity index (χ0v) is 15.5. The number of imidazole rings is 1. The molecule has 1 saturated heterocycles. The predicted octanol–water partition coefficient (Wildman–Crippen LogP) is 1.96. The summed E-state index contributed by atoms with van der Waals surface area (Å²) >= 11 is 1.52. The van der Waals surface area contributed by atoms with Crippen molar-refractivity contribution in [3.8, 4) is 5.69 Å². The van der Waals surface area contributed by atoms with Gasteiger partial charge in [-0.25, -0.2) is 9.78 Å². The summed E-state index contributed by atoms with van der Waals surface area (Å²) in [6.07, 6.45) is 5.90. The number of carbonyl (C=O) groups is 3. The van der Waals surface area contributed by atoms with Crippen molar-refractivity contribution in [3.05, 3.63) is 42.2 Å². The topological polar surface area (TPSA) is 96.3 Å². The summed E-state index contributed by atoms with van der Waals surface area (Å²) in [4.78, 5) is 40.9. The molecule has 4 amide bonds. The fraction of sp³-hybridized carbons (Fsp3) is 0.294. The molecule has 1 atom stereocenters. The molecule has 136 valence electrons. The molecule has 0 unspecified atom stereocenters. The average molecular weight is 373 g/mol. The number of rotatable bonds is 5. The highest BCUT2D eigenvalue weighted by Gasteiger charge is 2.47. The van der Waals surface area contributed by atoms with Crippen molar-refractivity contribution in [2.24, 2.45) is 0 Å². The maximum Gasteiger partial charge on any atom is 0.344 e. The first-order valence-electron chi connectivity index (χ1n) is 8.05. The minimum absolute atomic E-state index is 0.338. The monoisotopic (exact) mass is 373 g/mol. The first-order chi connectivity index (χ1) is 12.4. The second kappa shape index (κ2) is 6.83. The van der Waals surface area contributed by atoms with Gasteiger partial charge in [-0.1, -0.05) is 18.7 Å². The summed E-state index contributed by atoms with van der Waals surface area (Å²) in [5.74, 6) is -1.01. The summed E-state index contributed by atoms with van der Waals surface area (Å²) in [5.41, 5.74) is 2.57. The predicted molar refractivity (Wildman–Crippen MR) is 96.9 cm³/mol. The van der Waals surface area contributed by atoms with Gasteiger partial charge in [0, 0.05) is 23.6 Å². The van der Waals surface area contributed by atoms with Crippen LogP contribution in [-0.4, -0.2) is 44.2 Å². The Bertz CT molecular complexity index is 864. The van der Waals surface area contributed by atoms with Crippen LogP contribution in [0.2, 0.25) is 0 Å². The quantitative estimate of drug-likeness (QED) is 0.617. The molecule has 8 nitrogen and oxygen atoms in total. The molecule has 1 fully saturated rings. The van der Waals surface area contributed by atoms with Gasteiger partial charge in [0.1, 0.15) is 5.54 Å². The van der Waals surface area contributed by atoms with Crippen LogP contribution in [0.5, 0.6) is 0 Å². The van der Waals surface area contributed by atoms with Gasteiger partial charge in [-0.05, 0) is 43.9 Å². The maximum absolute atomic E-state index is 12.4. The Morgan fingerprint density at radius 3 is 2.58 bits per heavy atom. The first kappa shape index (κ1) is 18.0. The molecule has 9 heteroatoms. The van der Waals surface area contributed by atoms with Gasteiger partial charge in [0.25, 0.3) is 11.8 Å². The smallest absolute Gasteiger partial charge is 0.322 e. The van der Waals surface area contributed by atoms with E-state index >= 15 is 0 Å². The van der Waals surface area contributed by atoms with Crippen LogP contribution >= 0.6 is 11.8 Å². The van der Waals surface area contributed by atoms with Crippen molar-refractivity contribution < 1.29 is 14.4 Å². The number of benzene rings is 1. The lowest BCUT2D eigenvalue weighted by Gasteiger charge is -2.19. The van der Waals surface area contributed by atoms with Crippen molar-refractivity contribution in [2.45, 2.75) is 31.0 Å². The van der Waals surface area contributed by atoms with Gasteiger partial charge in [0.2, 0.25) is 0 Å². The second-order valence-corrected chi connectivity index (χ2v) is 6.80. The van der Waals surface area contributed by atoms with E-state index in [1.165, 1.54) is 11.8 Å². The normalized spacial score (nSPS) is 19.6. The molecule has 1 aliphatic rings. The Morgan fingerprint density at radius 2 is 2.00 bits per heavy atom. The van der Waals surface area contributed by atoms with E-state index in [9.17, 15) is 14.4 Å². The maximum atomic E-state index is 12.4. The highest BCUT2D eigenvalue weighted by Crippen LogP contribution is 2.20. The van der Waals surface area contributed by atoms with E-state index in [1.54, 1.807) is 44.3 Å². The van der Waals surface area contributed by atoms with Crippen molar-refractivity contribution in [3.63, 3.8) is 0 Å². The number of hydrogen-bond acceptors (Lipinski definition) is 5. The molecule has 0 radical (unpaired) electrons. The van der Waals surface area contributed by atoms with Gasteiger partial charge in [0.05, 0.1) is 0 Å². The molecule has 2 aromatic rings. The molecule has 1 aliphatic heterocycles. The van der Waals surface area contributed by atoms with Crippen molar-refractivity contribution >= 4 is 29.6 Å². The third-order valence-corrected chi connectivity index (χ3v) is 5.05. The molecule has 1 aromatic heterocycles. The van der Waals surface area contributed by atoms with Crippen LogP contribution in [0.25, 0.3) is 5.69 Å². The number of aromatic nitrogens is 2. The van der Waals surface area contributed by atoms with Crippen LogP contribution in [-0.2, 0) is 4.79 Å². The lowest BCUT2D eigenvalue weighted by atomic mass is 10.00. The van der Waals surface area contributed by atoms with Gasteiger partial charge < -0.3 is 5.32 Å². The van der Waals surface area contributed by atoms with Crippen LogP contribution < -0.4 is 10.7 Å². The van der Waals surface area contributed by atoms with Crippen LogP contribution in [0.15, 0.2) is 41.8 Å². The van der Waals surface area contributed by atoms with Crippen LogP contribution in [0, 0.1) is 0 Å². The molecular weight excluding hydrogens is 354 g/mol. The van der Waals surface area contributed by atoms with E-state index in [-0.39, 0.29) is 0 Å². The van der Waals surface area contributed by atoms with E-state index in [0.29, 0.717) is 12.0 Å². The van der Waals surface area contributed by atoms with E-state index < -0.39 is 23.4 Å². The summed E-state index contributed by atoms with van der Waals surface area (Å²) in [6.45, 7) is 3.42. The van der Waals surface area contributed by atoms with Crippen molar-refractivity contribution in [2.75, 3.05) is 6.26 Å². The van der Waals surface area contributed by atoms with Crippen molar-refractivity contribution in [1.82, 2.24) is 25.3 Å². The number of hydrogen-bond donors (Lipinski definition) is 2. The number of amides is 4.